The number of carbonyl (C=O) groups is 2. The lowest BCUT2D eigenvalue weighted by molar-refractivity contribution is 0.0600. The van der Waals surface area contributed by atoms with Crippen molar-refractivity contribution >= 4 is 50.0 Å². The fourth-order valence-corrected chi connectivity index (χ4v) is 3.50. The first-order valence-electron chi connectivity index (χ1n) is 6.14. The second kappa shape index (κ2) is 5.58. The number of fused-ring (bicyclic) bond motifs is 1. The van der Waals surface area contributed by atoms with Crippen molar-refractivity contribution in [2.75, 3.05) is 7.11 Å². The van der Waals surface area contributed by atoms with E-state index in [2.05, 4.69) is 20.7 Å². The number of aromatic hydroxyl groups is 1. The molecule has 0 radical (unpaired) electrons. The maximum absolute atomic E-state index is 12.6. The number of rotatable bonds is 3. The van der Waals surface area contributed by atoms with Gasteiger partial charge in [0, 0.05) is 5.39 Å². The minimum absolute atomic E-state index is 0.0762. The number of halogens is 1. The summed E-state index contributed by atoms with van der Waals surface area (Å²) in [5, 5.41) is 10.2. The van der Waals surface area contributed by atoms with Crippen LogP contribution >= 0.6 is 27.3 Å². The summed E-state index contributed by atoms with van der Waals surface area (Å²) in [5.41, 5.74) is 0.463. The van der Waals surface area contributed by atoms with Crippen molar-refractivity contribution in [2.24, 2.45) is 0 Å². The van der Waals surface area contributed by atoms with Crippen molar-refractivity contribution in [1.82, 2.24) is 0 Å². The van der Waals surface area contributed by atoms with Crippen LogP contribution in [0.1, 0.15) is 25.6 Å². The number of phenols is 1. The van der Waals surface area contributed by atoms with Gasteiger partial charge in [-0.25, -0.2) is 4.79 Å². The molecule has 0 fully saturated rings. The van der Waals surface area contributed by atoms with Crippen LogP contribution in [0.3, 0.4) is 0 Å². The summed E-state index contributed by atoms with van der Waals surface area (Å²) >= 11 is 4.58. The van der Waals surface area contributed by atoms with E-state index in [0.29, 0.717) is 10.5 Å². The number of esters is 1. The van der Waals surface area contributed by atoms with Crippen LogP contribution in [0.5, 0.6) is 5.75 Å². The zero-order valence-electron chi connectivity index (χ0n) is 11.3. The Hall–Kier alpha value is -2.12. The summed E-state index contributed by atoms with van der Waals surface area (Å²) in [6.45, 7) is 0. The fraction of sp³-hybridized carbons (Fsp3) is 0.0667. The molecule has 2 heterocycles. The second-order valence-corrected chi connectivity index (χ2v) is 6.87. The topological polar surface area (TPSA) is 76.7 Å². The Kier molecular flexibility index (Phi) is 3.76. The van der Waals surface area contributed by atoms with E-state index in [-0.39, 0.29) is 28.0 Å². The van der Waals surface area contributed by atoms with Crippen molar-refractivity contribution in [2.45, 2.75) is 0 Å². The van der Waals surface area contributed by atoms with E-state index in [0.717, 1.165) is 3.79 Å². The van der Waals surface area contributed by atoms with Crippen molar-refractivity contribution in [3.8, 4) is 5.75 Å². The Morgan fingerprint density at radius 2 is 2.05 bits per heavy atom. The molecule has 0 unspecified atom stereocenters. The van der Waals surface area contributed by atoms with Crippen molar-refractivity contribution in [1.29, 1.82) is 0 Å². The molecular weight excluding hydrogens is 372 g/mol. The van der Waals surface area contributed by atoms with Gasteiger partial charge in [-0.15, -0.1) is 11.3 Å². The molecular formula is C15H9BrO5S. The summed E-state index contributed by atoms with van der Waals surface area (Å²) in [7, 11) is 1.21. The molecule has 0 spiro atoms. The largest absolute Gasteiger partial charge is 0.507 e. The third-order valence-corrected chi connectivity index (χ3v) is 4.77. The van der Waals surface area contributed by atoms with E-state index in [1.807, 2.05) is 0 Å². The van der Waals surface area contributed by atoms with Gasteiger partial charge in [0.25, 0.3) is 0 Å². The lowest BCUT2D eigenvalue weighted by Crippen LogP contribution is -2.05. The smallest absolute Gasteiger partial charge is 0.342 e. The Morgan fingerprint density at radius 1 is 1.27 bits per heavy atom. The monoisotopic (exact) mass is 380 g/mol. The molecule has 0 bridgehead atoms. The van der Waals surface area contributed by atoms with Crippen molar-refractivity contribution in [3.63, 3.8) is 0 Å². The van der Waals surface area contributed by atoms with Crippen LogP contribution < -0.4 is 0 Å². The van der Waals surface area contributed by atoms with Gasteiger partial charge in [0.1, 0.15) is 23.2 Å². The third kappa shape index (κ3) is 2.32. The Labute approximate surface area is 137 Å². The van der Waals surface area contributed by atoms with Crippen molar-refractivity contribution in [3.05, 3.63) is 50.3 Å². The number of benzene rings is 1. The van der Waals surface area contributed by atoms with Gasteiger partial charge in [-0.2, -0.15) is 0 Å². The van der Waals surface area contributed by atoms with Crippen LogP contribution in [0.2, 0.25) is 0 Å². The molecule has 0 aliphatic rings. The highest BCUT2D eigenvalue weighted by Crippen LogP contribution is 2.34. The Balaban J connectivity index is 2.25. The van der Waals surface area contributed by atoms with Gasteiger partial charge in [0.05, 0.1) is 21.3 Å². The minimum Gasteiger partial charge on any atom is -0.507 e. The normalized spacial score (nSPS) is 10.8. The molecule has 0 aliphatic carbocycles. The second-order valence-electron chi connectivity index (χ2n) is 4.41. The van der Waals surface area contributed by atoms with Crippen LogP contribution in [-0.2, 0) is 4.74 Å². The van der Waals surface area contributed by atoms with E-state index in [1.165, 1.54) is 36.8 Å². The lowest BCUT2D eigenvalue weighted by Gasteiger charge is -2.05. The van der Waals surface area contributed by atoms with Gasteiger partial charge in [-0.3, -0.25) is 4.79 Å². The number of ketones is 1. The highest BCUT2D eigenvalue weighted by atomic mass is 79.9. The summed E-state index contributed by atoms with van der Waals surface area (Å²) in [5.74, 6) is -1.28. The van der Waals surface area contributed by atoms with Gasteiger partial charge in [0.15, 0.2) is 0 Å². The van der Waals surface area contributed by atoms with E-state index in [9.17, 15) is 14.7 Å². The maximum Gasteiger partial charge on any atom is 0.342 e. The molecule has 3 rings (SSSR count). The highest BCUT2D eigenvalue weighted by molar-refractivity contribution is 9.11. The summed E-state index contributed by atoms with van der Waals surface area (Å²) in [4.78, 5) is 25.0. The van der Waals surface area contributed by atoms with Crippen LogP contribution in [0.15, 0.2) is 38.7 Å². The van der Waals surface area contributed by atoms with Gasteiger partial charge in [0.2, 0.25) is 5.78 Å². The van der Waals surface area contributed by atoms with Crippen LogP contribution in [-0.4, -0.2) is 24.0 Å². The molecule has 2 aromatic heterocycles. The van der Waals surface area contributed by atoms with Crippen LogP contribution in [0, 0.1) is 0 Å². The van der Waals surface area contributed by atoms with E-state index in [4.69, 9.17) is 4.42 Å². The molecule has 0 aliphatic heterocycles. The third-order valence-electron chi connectivity index (χ3n) is 3.15. The van der Waals surface area contributed by atoms with Gasteiger partial charge < -0.3 is 14.3 Å². The molecule has 0 saturated heterocycles. The van der Waals surface area contributed by atoms with Crippen LogP contribution in [0.25, 0.3) is 11.0 Å². The van der Waals surface area contributed by atoms with E-state index >= 15 is 0 Å². The molecule has 22 heavy (non-hydrogen) atoms. The van der Waals surface area contributed by atoms with Gasteiger partial charge >= 0.3 is 5.97 Å². The lowest BCUT2D eigenvalue weighted by atomic mass is 10.0. The fourth-order valence-electron chi connectivity index (χ4n) is 2.16. The first-order chi connectivity index (χ1) is 10.5. The van der Waals surface area contributed by atoms with Crippen LogP contribution in [0.4, 0.5) is 0 Å². The number of hydrogen-bond acceptors (Lipinski definition) is 6. The number of carbonyl (C=O) groups excluding carboxylic acids is 2. The molecule has 112 valence electrons. The molecule has 7 heteroatoms. The average Bonchev–Trinajstić information content (AvgIpc) is 3.12. The Bertz CT molecular complexity index is 893. The number of hydrogen-bond donors (Lipinski definition) is 1. The average molecular weight is 381 g/mol. The summed E-state index contributed by atoms with van der Waals surface area (Å²) in [6, 6.07) is 6.27. The standard InChI is InChI=1S/C15H9BrO5S/c1-20-15(19)13-8(17)2-3-9-12(13)7(6-21-9)14(18)10-4-5-11(16)22-10/h2-6,17H,1H3. The Morgan fingerprint density at radius 3 is 2.68 bits per heavy atom. The quantitative estimate of drug-likeness (QED) is 0.549. The van der Waals surface area contributed by atoms with Gasteiger partial charge in [-0.05, 0) is 40.2 Å². The number of ether oxygens (including phenoxy) is 1. The maximum atomic E-state index is 12.6. The zero-order chi connectivity index (χ0) is 15.9. The summed E-state index contributed by atoms with van der Waals surface area (Å²) in [6.07, 6.45) is 1.28. The van der Waals surface area contributed by atoms with Gasteiger partial charge in [-0.1, -0.05) is 0 Å². The number of phenolic OH excluding ortho intramolecular Hbond substituents is 1. The number of furan rings is 1. The SMILES string of the molecule is COC(=O)c1c(O)ccc2occ(C(=O)c3ccc(Br)s3)c12. The van der Waals surface area contributed by atoms with E-state index < -0.39 is 5.97 Å². The highest BCUT2D eigenvalue weighted by Gasteiger charge is 2.25. The first-order valence-corrected chi connectivity index (χ1v) is 7.75. The summed E-state index contributed by atoms with van der Waals surface area (Å²) < 4.78 is 10.8. The first kappa shape index (κ1) is 14.8. The molecule has 0 atom stereocenters. The minimum atomic E-state index is -0.731. The molecule has 5 nitrogen and oxygen atoms in total. The molecule has 3 aromatic rings. The molecule has 0 amide bonds. The predicted octanol–water partition coefficient (Wildman–Crippen LogP) is 3.98. The van der Waals surface area contributed by atoms with Crippen molar-refractivity contribution < 1.29 is 23.8 Å². The molecule has 1 aromatic carbocycles. The predicted molar refractivity (Wildman–Crippen MR) is 84.7 cm³/mol. The molecule has 1 N–H and O–H groups in total. The van der Waals surface area contributed by atoms with E-state index in [1.54, 1.807) is 12.1 Å². The number of methoxy groups -OCH3 is 1. The number of thiophene rings is 1. The zero-order valence-corrected chi connectivity index (χ0v) is 13.7. The molecule has 0 saturated carbocycles.